The van der Waals surface area contributed by atoms with Gasteiger partial charge in [0.05, 0.1) is 0 Å². The predicted molar refractivity (Wildman–Crippen MR) is 82.1 cm³/mol. The van der Waals surface area contributed by atoms with Crippen molar-refractivity contribution in [1.82, 2.24) is 30.4 Å². The molecule has 2 fully saturated rings. The Kier molecular flexibility index (Phi) is 3.40. The van der Waals surface area contributed by atoms with Gasteiger partial charge < -0.3 is 14.9 Å². The number of carbonyl (C=O) groups excluding carboxylic acids is 1. The number of amides is 2. The highest BCUT2D eigenvalue weighted by atomic mass is 16.4. The number of H-pyrrole nitrogens is 1. The van der Waals surface area contributed by atoms with E-state index in [0.717, 1.165) is 5.56 Å². The third-order valence-corrected chi connectivity index (χ3v) is 4.79. The van der Waals surface area contributed by atoms with E-state index in [1.54, 1.807) is 24.3 Å². The molecule has 2 saturated heterocycles. The van der Waals surface area contributed by atoms with Crippen LogP contribution in [-0.2, 0) is 0 Å². The van der Waals surface area contributed by atoms with Crippen molar-refractivity contribution in [1.29, 1.82) is 0 Å². The summed E-state index contributed by atoms with van der Waals surface area (Å²) < 4.78 is 0. The molecule has 9 nitrogen and oxygen atoms in total. The molecule has 1 aromatic carbocycles. The molecule has 0 saturated carbocycles. The van der Waals surface area contributed by atoms with Crippen LogP contribution >= 0.6 is 0 Å². The van der Waals surface area contributed by atoms with Gasteiger partial charge in [-0.2, -0.15) is 0 Å². The minimum Gasteiger partial charge on any atom is -0.465 e. The van der Waals surface area contributed by atoms with Gasteiger partial charge in [-0.25, -0.2) is 9.89 Å². The summed E-state index contributed by atoms with van der Waals surface area (Å²) in [6, 6.07) is 7.13. The summed E-state index contributed by atoms with van der Waals surface area (Å²) in [4.78, 5) is 26.9. The highest BCUT2D eigenvalue weighted by Crippen LogP contribution is 2.32. The van der Waals surface area contributed by atoms with Crippen LogP contribution in [0.4, 0.5) is 4.79 Å². The van der Waals surface area contributed by atoms with Crippen LogP contribution in [0.25, 0.3) is 11.4 Å². The number of tetrazole rings is 1. The first-order valence-electron chi connectivity index (χ1n) is 7.73. The highest BCUT2D eigenvalue weighted by molar-refractivity contribution is 5.94. The van der Waals surface area contributed by atoms with Crippen molar-refractivity contribution in [2.75, 3.05) is 26.2 Å². The van der Waals surface area contributed by atoms with Crippen molar-refractivity contribution < 1.29 is 14.7 Å². The Morgan fingerprint density at radius 1 is 1.04 bits per heavy atom. The average molecular weight is 328 g/mol. The van der Waals surface area contributed by atoms with Gasteiger partial charge in [0, 0.05) is 49.1 Å². The van der Waals surface area contributed by atoms with Crippen molar-refractivity contribution >= 4 is 12.0 Å². The molecular formula is C15H16N6O3. The van der Waals surface area contributed by atoms with Gasteiger partial charge in [-0.15, -0.1) is 5.10 Å². The van der Waals surface area contributed by atoms with Gasteiger partial charge in [-0.3, -0.25) is 4.79 Å². The van der Waals surface area contributed by atoms with E-state index in [0.29, 0.717) is 37.6 Å². The summed E-state index contributed by atoms with van der Waals surface area (Å²) in [6.07, 6.45) is -0.875. The largest absolute Gasteiger partial charge is 0.465 e. The van der Waals surface area contributed by atoms with Crippen molar-refractivity contribution in [2.45, 2.75) is 0 Å². The lowest BCUT2D eigenvalue weighted by molar-refractivity contribution is 0.0774. The van der Waals surface area contributed by atoms with Crippen LogP contribution in [-0.4, -0.2) is 73.7 Å². The molecule has 2 aliphatic rings. The lowest BCUT2D eigenvalue weighted by Gasteiger charge is -2.20. The number of aromatic amines is 1. The Balaban J connectivity index is 1.43. The van der Waals surface area contributed by atoms with E-state index in [9.17, 15) is 9.59 Å². The van der Waals surface area contributed by atoms with Crippen molar-refractivity contribution in [3.05, 3.63) is 29.8 Å². The zero-order chi connectivity index (χ0) is 16.7. The Morgan fingerprint density at radius 3 is 2.21 bits per heavy atom. The quantitative estimate of drug-likeness (QED) is 0.832. The molecule has 0 spiro atoms. The minimum absolute atomic E-state index is 0.0199. The molecule has 1 aromatic heterocycles. The molecule has 2 amide bonds. The molecule has 0 bridgehead atoms. The van der Waals surface area contributed by atoms with E-state index in [4.69, 9.17) is 5.11 Å². The maximum Gasteiger partial charge on any atom is 0.407 e. The zero-order valence-electron chi connectivity index (χ0n) is 12.8. The van der Waals surface area contributed by atoms with Gasteiger partial charge in [0.1, 0.15) is 0 Å². The number of fused-ring (bicyclic) bond motifs is 1. The normalized spacial score (nSPS) is 22.7. The number of carboxylic acid groups (broad SMARTS) is 1. The number of hydrogen-bond donors (Lipinski definition) is 2. The number of aromatic nitrogens is 4. The summed E-state index contributed by atoms with van der Waals surface area (Å²) in [6.45, 7) is 2.25. The summed E-state index contributed by atoms with van der Waals surface area (Å²) in [7, 11) is 0. The van der Waals surface area contributed by atoms with Gasteiger partial charge in [-0.05, 0) is 22.6 Å². The van der Waals surface area contributed by atoms with Crippen LogP contribution in [0.2, 0.25) is 0 Å². The molecule has 9 heteroatoms. The number of carbonyl (C=O) groups is 2. The van der Waals surface area contributed by atoms with E-state index < -0.39 is 6.09 Å². The van der Waals surface area contributed by atoms with Crippen LogP contribution < -0.4 is 0 Å². The van der Waals surface area contributed by atoms with E-state index in [-0.39, 0.29) is 17.7 Å². The van der Waals surface area contributed by atoms with E-state index in [2.05, 4.69) is 20.6 Å². The van der Waals surface area contributed by atoms with Crippen molar-refractivity contribution in [2.24, 2.45) is 11.8 Å². The third-order valence-electron chi connectivity index (χ3n) is 4.79. The number of likely N-dealkylation sites (tertiary alicyclic amines) is 2. The van der Waals surface area contributed by atoms with Gasteiger partial charge in [0.25, 0.3) is 5.91 Å². The Bertz CT molecular complexity index is 746. The molecule has 4 rings (SSSR count). The maximum atomic E-state index is 12.6. The van der Waals surface area contributed by atoms with Gasteiger partial charge in [0.15, 0.2) is 5.82 Å². The molecule has 24 heavy (non-hydrogen) atoms. The zero-order valence-corrected chi connectivity index (χ0v) is 12.8. The molecular weight excluding hydrogens is 312 g/mol. The summed E-state index contributed by atoms with van der Waals surface area (Å²) in [5.41, 5.74) is 1.42. The number of benzene rings is 1. The molecule has 2 aromatic rings. The standard InChI is InChI=1S/C15H16N6O3/c22-14(10-3-1-9(2-4-10)13-16-18-19-17-13)20-5-11-7-21(15(23)24)8-12(11)6-20/h1-4,11-12H,5-8H2,(H,23,24)(H,16,17,18,19). The molecule has 124 valence electrons. The fraction of sp³-hybridized carbons (Fsp3) is 0.400. The lowest BCUT2D eigenvalue weighted by Crippen LogP contribution is -2.35. The third kappa shape index (κ3) is 2.47. The van der Waals surface area contributed by atoms with Crippen LogP contribution in [0.15, 0.2) is 24.3 Å². The minimum atomic E-state index is -0.875. The Morgan fingerprint density at radius 2 is 1.67 bits per heavy atom. The smallest absolute Gasteiger partial charge is 0.407 e. The van der Waals surface area contributed by atoms with Crippen LogP contribution in [0.5, 0.6) is 0 Å². The number of nitrogens with one attached hydrogen (secondary N) is 1. The number of hydrogen-bond acceptors (Lipinski definition) is 5. The Hall–Kier alpha value is -2.97. The topological polar surface area (TPSA) is 115 Å². The second kappa shape index (κ2) is 5.59. The summed E-state index contributed by atoms with van der Waals surface area (Å²) >= 11 is 0. The number of rotatable bonds is 2. The molecule has 2 aliphatic heterocycles. The van der Waals surface area contributed by atoms with E-state index in [1.807, 2.05) is 4.90 Å². The van der Waals surface area contributed by atoms with Crippen LogP contribution in [0, 0.1) is 11.8 Å². The summed E-state index contributed by atoms with van der Waals surface area (Å²) in [5.74, 6) is 1.01. The van der Waals surface area contributed by atoms with E-state index >= 15 is 0 Å². The average Bonchev–Trinajstić information content (AvgIpc) is 3.29. The summed E-state index contributed by atoms with van der Waals surface area (Å²) in [5, 5.41) is 22.6. The van der Waals surface area contributed by atoms with Crippen molar-refractivity contribution in [3.8, 4) is 11.4 Å². The molecule has 0 aliphatic carbocycles. The Labute approximate surface area is 137 Å². The molecule has 2 unspecified atom stereocenters. The van der Waals surface area contributed by atoms with Gasteiger partial charge in [-0.1, -0.05) is 12.1 Å². The SMILES string of the molecule is O=C(O)N1CC2CN(C(=O)c3ccc(-c4nnn[nH]4)cc3)CC2C1. The van der Waals surface area contributed by atoms with Crippen LogP contribution in [0.1, 0.15) is 10.4 Å². The van der Waals surface area contributed by atoms with Crippen LogP contribution in [0.3, 0.4) is 0 Å². The number of nitrogens with zero attached hydrogens (tertiary/aromatic N) is 5. The maximum absolute atomic E-state index is 12.6. The van der Waals surface area contributed by atoms with E-state index in [1.165, 1.54) is 4.90 Å². The molecule has 2 N–H and O–H groups in total. The lowest BCUT2D eigenvalue weighted by atomic mass is 10.0. The van der Waals surface area contributed by atoms with Gasteiger partial charge >= 0.3 is 6.09 Å². The fourth-order valence-corrected chi connectivity index (χ4v) is 3.55. The second-order valence-electron chi connectivity index (χ2n) is 6.25. The highest BCUT2D eigenvalue weighted by Gasteiger charge is 2.43. The fourth-order valence-electron chi connectivity index (χ4n) is 3.55. The monoisotopic (exact) mass is 328 g/mol. The van der Waals surface area contributed by atoms with Gasteiger partial charge in [0.2, 0.25) is 0 Å². The molecule has 3 heterocycles. The molecule has 2 atom stereocenters. The molecule has 0 radical (unpaired) electrons. The second-order valence-corrected chi connectivity index (χ2v) is 6.25. The predicted octanol–water partition coefficient (Wildman–Crippen LogP) is 0.548. The first-order valence-corrected chi connectivity index (χ1v) is 7.73. The van der Waals surface area contributed by atoms with Crippen molar-refractivity contribution in [3.63, 3.8) is 0 Å². The first kappa shape index (κ1) is 14.6. The first-order chi connectivity index (χ1) is 11.6.